The first kappa shape index (κ1) is 25.0. The maximum absolute atomic E-state index is 5.55. The third-order valence-corrected chi connectivity index (χ3v) is 7.07. The van der Waals surface area contributed by atoms with Gasteiger partial charge in [-0.25, -0.2) is 0 Å². The first-order chi connectivity index (χ1) is 15.2. The number of hydrogen-bond acceptors (Lipinski definition) is 4. The number of guanidine groups is 1. The molecule has 4 rings (SSSR count). The Balaban J connectivity index is 0.00000289. The van der Waals surface area contributed by atoms with E-state index in [1.165, 1.54) is 31.2 Å². The van der Waals surface area contributed by atoms with Gasteiger partial charge in [0.2, 0.25) is 0 Å². The van der Waals surface area contributed by atoms with Gasteiger partial charge in [-0.05, 0) is 44.1 Å². The Labute approximate surface area is 209 Å². The lowest BCUT2D eigenvalue weighted by atomic mass is 9.96. The molecule has 2 fully saturated rings. The van der Waals surface area contributed by atoms with Gasteiger partial charge in [-0.15, -0.1) is 24.0 Å². The van der Waals surface area contributed by atoms with Gasteiger partial charge in [-0.2, -0.15) is 0 Å². The average Bonchev–Trinajstić information content (AvgIpc) is 3.34. The normalized spacial score (nSPS) is 23.2. The molecule has 2 aromatic rings. The summed E-state index contributed by atoms with van der Waals surface area (Å²) in [6.45, 7) is 6.07. The van der Waals surface area contributed by atoms with E-state index in [1.807, 2.05) is 7.05 Å². The van der Waals surface area contributed by atoms with Crippen molar-refractivity contribution < 1.29 is 4.52 Å². The minimum atomic E-state index is 0. The van der Waals surface area contributed by atoms with E-state index in [4.69, 9.17) is 4.52 Å². The highest BCUT2D eigenvalue weighted by atomic mass is 127. The largest absolute Gasteiger partial charge is 0.359 e. The van der Waals surface area contributed by atoms with Crippen LogP contribution in [-0.4, -0.2) is 41.2 Å². The number of hydrogen-bond donors (Lipinski definition) is 2. The van der Waals surface area contributed by atoms with Crippen molar-refractivity contribution in [3.05, 3.63) is 53.4 Å². The van der Waals surface area contributed by atoms with Gasteiger partial charge in [0, 0.05) is 43.7 Å². The second kappa shape index (κ2) is 12.0. The molecule has 32 heavy (non-hydrogen) atoms. The topological polar surface area (TPSA) is 65.7 Å². The quantitative estimate of drug-likeness (QED) is 0.273. The molecule has 0 amide bonds. The van der Waals surface area contributed by atoms with Crippen LogP contribution in [0.5, 0.6) is 0 Å². The molecule has 2 atom stereocenters. The second-order valence-corrected chi connectivity index (χ2v) is 9.01. The van der Waals surface area contributed by atoms with Gasteiger partial charge in [0.1, 0.15) is 0 Å². The molecule has 7 heteroatoms. The van der Waals surface area contributed by atoms with Crippen molar-refractivity contribution in [2.45, 2.75) is 89.5 Å². The van der Waals surface area contributed by atoms with E-state index in [9.17, 15) is 0 Å². The Morgan fingerprint density at radius 2 is 1.84 bits per heavy atom. The number of rotatable bonds is 8. The van der Waals surface area contributed by atoms with E-state index in [0.29, 0.717) is 30.6 Å². The van der Waals surface area contributed by atoms with E-state index in [-0.39, 0.29) is 24.0 Å². The van der Waals surface area contributed by atoms with E-state index < -0.39 is 0 Å². The summed E-state index contributed by atoms with van der Waals surface area (Å²) in [5, 5.41) is 11.3. The maximum Gasteiger partial charge on any atom is 0.191 e. The zero-order valence-electron chi connectivity index (χ0n) is 19.6. The molecule has 176 valence electrons. The lowest BCUT2D eigenvalue weighted by Crippen LogP contribution is -2.52. The van der Waals surface area contributed by atoms with E-state index in [0.717, 1.165) is 36.8 Å². The number of nitrogens with one attached hydrogen (secondary N) is 2. The monoisotopic (exact) mass is 551 g/mol. The summed E-state index contributed by atoms with van der Waals surface area (Å²) in [6, 6.07) is 14.7. The molecule has 2 aliphatic heterocycles. The van der Waals surface area contributed by atoms with Gasteiger partial charge in [-0.3, -0.25) is 9.89 Å². The van der Waals surface area contributed by atoms with Crippen LogP contribution in [0, 0.1) is 0 Å². The lowest BCUT2D eigenvalue weighted by molar-refractivity contribution is 0.114. The van der Waals surface area contributed by atoms with Crippen LogP contribution in [0.4, 0.5) is 0 Å². The van der Waals surface area contributed by atoms with Crippen molar-refractivity contribution in [3.63, 3.8) is 0 Å². The molecule has 0 radical (unpaired) electrons. The summed E-state index contributed by atoms with van der Waals surface area (Å²) in [7, 11) is 1.84. The summed E-state index contributed by atoms with van der Waals surface area (Å²) in [6.07, 6.45) is 7.13. The van der Waals surface area contributed by atoms with Crippen molar-refractivity contribution in [2.24, 2.45) is 4.99 Å². The SMILES string of the molecule is CCC(CC)c1cc(CNC(=NC)NC2CC3CCC(C2)N3Cc2ccccc2)on1.I. The highest BCUT2D eigenvalue weighted by Gasteiger charge is 2.40. The van der Waals surface area contributed by atoms with Gasteiger partial charge in [-0.1, -0.05) is 49.3 Å². The Morgan fingerprint density at radius 3 is 2.47 bits per heavy atom. The van der Waals surface area contributed by atoms with Crippen LogP contribution in [0.2, 0.25) is 0 Å². The molecule has 0 spiro atoms. The fourth-order valence-electron chi connectivity index (χ4n) is 5.31. The first-order valence-corrected chi connectivity index (χ1v) is 11.9. The Morgan fingerprint density at radius 1 is 1.16 bits per heavy atom. The number of fused-ring (bicyclic) bond motifs is 2. The highest BCUT2D eigenvalue weighted by molar-refractivity contribution is 14.0. The molecule has 0 saturated carbocycles. The number of nitrogens with zero attached hydrogens (tertiary/aromatic N) is 3. The smallest absolute Gasteiger partial charge is 0.191 e. The molecule has 2 saturated heterocycles. The van der Waals surface area contributed by atoms with Crippen LogP contribution >= 0.6 is 24.0 Å². The molecule has 0 aliphatic carbocycles. The van der Waals surface area contributed by atoms with Crippen LogP contribution in [-0.2, 0) is 13.1 Å². The van der Waals surface area contributed by atoms with Crippen LogP contribution in [0.15, 0.2) is 45.9 Å². The number of aromatic nitrogens is 1. The number of piperidine rings is 1. The van der Waals surface area contributed by atoms with Crippen molar-refractivity contribution in [1.29, 1.82) is 0 Å². The third kappa shape index (κ3) is 6.04. The van der Waals surface area contributed by atoms with Crippen LogP contribution < -0.4 is 10.6 Å². The zero-order chi connectivity index (χ0) is 21.6. The van der Waals surface area contributed by atoms with Crippen LogP contribution in [0.3, 0.4) is 0 Å². The molecule has 2 bridgehead atoms. The summed E-state index contributed by atoms with van der Waals surface area (Å²) < 4.78 is 5.55. The van der Waals surface area contributed by atoms with Gasteiger partial charge in [0.15, 0.2) is 11.7 Å². The van der Waals surface area contributed by atoms with Crippen molar-refractivity contribution >= 4 is 29.9 Å². The predicted octanol–water partition coefficient (Wildman–Crippen LogP) is 5.06. The molecule has 2 unspecified atom stereocenters. The van der Waals surface area contributed by atoms with Crippen molar-refractivity contribution in [2.75, 3.05) is 7.05 Å². The second-order valence-electron chi connectivity index (χ2n) is 9.01. The summed E-state index contributed by atoms with van der Waals surface area (Å²) in [5.74, 6) is 2.19. The molecule has 1 aromatic heterocycles. The molecule has 1 aromatic carbocycles. The average molecular weight is 552 g/mol. The van der Waals surface area contributed by atoms with Gasteiger partial charge < -0.3 is 15.2 Å². The van der Waals surface area contributed by atoms with Crippen molar-refractivity contribution in [3.8, 4) is 0 Å². The Bertz CT molecular complexity index is 837. The fraction of sp³-hybridized carbons (Fsp3) is 0.600. The molecular weight excluding hydrogens is 513 g/mol. The third-order valence-electron chi connectivity index (χ3n) is 7.07. The lowest BCUT2D eigenvalue weighted by Gasteiger charge is -2.39. The molecule has 2 N–H and O–H groups in total. The summed E-state index contributed by atoms with van der Waals surface area (Å²) in [5.41, 5.74) is 2.48. The zero-order valence-corrected chi connectivity index (χ0v) is 21.9. The molecule has 2 aliphatic rings. The predicted molar refractivity (Wildman–Crippen MR) is 140 cm³/mol. The standard InChI is InChI=1S/C25H37N5O.HI/c1-4-19(5-2)24-15-23(31-29-24)16-27-25(26-3)28-20-13-21-11-12-22(14-20)30(21)17-18-9-7-6-8-10-18;/h6-10,15,19-22H,4-5,11-14,16-17H2,1-3H3,(H2,26,27,28);1H. The van der Waals surface area contributed by atoms with Gasteiger partial charge in [0.25, 0.3) is 0 Å². The first-order valence-electron chi connectivity index (χ1n) is 11.9. The highest BCUT2D eigenvalue weighted by Crippen LogP contribution is 2.36. The molecule has 6 nitrogen and oxygen atoms in total. The maximum atomic E-state index is 5.55. The Hall–Kier alpha value is -1.61. The summed E-state index contributed by atoms with van der Waals surface area (Å²) in [4.78, 5) is 7.17. The van der Waals surface area contributed by atoms with E-state index in [2.05, 4.69) is 75.9 Å². The molecular formula is C25H38IN5O. The fourth-order valence-corrected chi connectivity index (χ4v) is 5.31. The van der Waals surface area contributed by atoms with Gasteiger partial charge in [0.05, 0.1) is 12.2 Å². The van der Waals surface area contributed by atoms with Crippen LogP contribution in [0.25, 0.3) is 0 Å². The summed E-state index contributed by atoms with van der Waals surface area (Å²) >= 11 is 0. The van der Waals surface area contributed by atoms with Gasteiger partial charge >= 0.3 is 0 Å². The minimum absolute atomic E-state index is 0. The number of benzene rings is 1. The van der Waals surface area contributed by atoms with E-state index in [1.54, 1.807) is 0 Å². The number of halogens is 1. The van der Waals surface area contributed by atoms with Crippen molar-refractivity contribution in [1.82, 2.24) is 20.7 Å². The van der Waals surface area contributed by atoms with E-state index >= 15 is 0 Å². The molecule has 3 heterocycles. The number of aliphatic imine (C=N–C) groups is 1. The minimum Gasteiger partial charge on any atom is -0.359 e. The van der Waals surface area contributed by atoms with Crippen LogP contribution in [0.1, 0.15) is 75.3 Å². The Kier molecular flexibility index (Phi) is 9.40.